The van der Waals surface area contributed by atoms with Crippen LogP contribution in [0.2, 0.25) is 0 Å². The lowest BCUT2D eigenvalue weighted by molar-refractivity contribution is 0.0615. The van der Waals surface area contributed by atoms with Crippen LogP contribution < -0.4 is 4.74 Å². The number of amides is 1. The number of benzene rings is 3. The Kier molecular flexibility index (Phi) is 6.04. The van der Waals surface area contributed by atoms with E-state index < -0.39 is 0 Å². The monoisotopic (exact) mass is 437 g/mol. The molecule has 0 N–H and O–H groups in total. The average molecular weight is 438 g/mol. The number of hydrogen-bond donors (Lipinski definition) is 0. The Morgan fingerprint density at radius 2 is 1.67 bits per heavy atom. The van der Waals surface area contributed by atoms with Crippen LogP contribution in [-0.2, 0) is 0 Å². The van der Waals surface area contributed by atoms with Crippen LogP contribution in [0.15, 0.2) is 90.0 Å². The van der Waals surface area contributed by atoms with E-state index >= 15 is 0 Å². The van der Waals surface area contributed by atoms with Gasteiger partial charge in [0.05, 0.1) is 6.04 Å². The molecule has 1 fully saturated rings. The first-order valence-electron chi connectivity index (χ1n) is 12.0. The fourth-order valence-electron chi connectivity index (χ4n) is 4.93. The van der Waals surface area contributed by atoms with Crippen molar-refractivity contribution in [2.24, 2.45) is 0 Å². The third-order valence-corrected chi connectivity index (χ3v) is 6.87. The highest BCUT2D eigenvalue weighted by atomic mass is 16.5. The van der Waals surface area contributed by atoms with Crippen molar-refractivity contribution < 1.29 is 9.53 Å². The van der Waals surface area contributed by atoms with Gasteiger partial charge in [-0.2, -0.15) is 0 Å². The predicted molar refractivity (Wildman–Crippen MR) is 135 cm³/mol. The third kappa shape index (κ3) is 4.45. The molecule has 168 valence electrons. The van der Waals surface area contributed by atoms with Crippen molar-refractivity contribution in [1.29, 1.82) is 0 Å². The van der Waals surface area contributed by atoms with Crippen LogP contribution in [0.3, 0.4) is 0 Å². The SMILES string of the molecule is CC(C)c1ccc(OC[C@@H]2CC3=CCCC=C3CN2C(=O)c2cccc3ccccc23)cc1. The summed E-state index contributed by atoms with van der Waals surface area (Å²) in [7, 11) is 0. The molecule has 3 heteroatoms. The molecule has 1 heterocycles. The van der Waals surface area contributed by atoms with Crippen LogP contribution in [0.4, 0.5) is 0 Å². The van der Waals surface area contributed by atoms with E-state index in [0.717, 1.165) is 41.3 Å². The Labute approximate surface area is 196 Å². The lowest BCUT2D eigenvalue weighted by Crippen LogP contribution is -2.48. The van der Waals surface area contributed by atoms with E-state index in [2.05, 4.69) is 50.3 Å². The van der Waals surface area contributed by atoms with Gasteiger partial charge < -0.3 is 9.64 Å². The molecule has 0 unspecified atom stereocenters. The van der Waals surface area contributed by atoms with E-state index in [1.807, 2.05) is 47.4 Å². The van der Waals surface area contributed by atoms with E-state index in [4.69, 9.17) is 4.74 Å². The maximum Gasteiger partial charge on any atom is 0.255 e. The smallest absolute Gasteiger partial charge is 0.255 e. The number of allylic oxidation sites excluding steroid dienone is 2. The first-order chi connectivity index (χ1) is 16.1. The standard InChI is InChI=1S/C30H31NO2/c1-21(2)22-14-16-27(17-15-22)33-20-26-18-24-9-3-4-10-25(24)19-31(26)30(32)29-13-7-11-23-8-5-6-12-28(23)29/h5-17,21,26H,3-4,18-20H2,1-2H3/t26-/m0/s1. The Bertz CT molecular complexity index is 1210. The topological polar surface area (TPSA) is 29.5 Å². The first-order valence-corrected chi connectivity index (χ1v) is 12.0. The number of hydrogen-bond acceptors (Lipinski definition) is 2. The number of rotatable bonds is 5. The minimum Gasteiger partial charge on any atom is -0.491 e. The van der Waals surface area contributed by atoms with Gasteiger partial charge in [0.2, 0.25) is 0 Å². The zero-order valence-electron chi connectivity index (χ0n) is 19.5. The van der Waals surface area contributed by atoms with Crippen LogP contribution in [0.1, 0.15) is 54.9 Å². The van der Waals surface area contributed by atoms with Gasteiger partial charge in [0.15, 0.2) is 0 Å². The summed E-state index contributed by atoms with van der Waals surface area (Å²) < 4.78 is 6.22. The number of ether oxygens (including phenoxy) is 1. The number of carbonyl (C=O) groups is 1. The van der Waals surface area contributed by atoms with E-state index in [1.54, 1.807) is 0 Å². The maximum absolute atomic E-state index is 13.9. The summed E-state index contributed by atoms with van der Waals surface area (Å²) in [4.78, 5) is 15.9. The second-order valence-electron chi connectivity index (χ2n) is 9.39. The molecule has 3 aromatic carbocycles. The zero-order chi connectivity index (χ0) is 22.8. The highest BCUT2D eigenvalue weighted by molar-refractivity contribution is 6.07. The summed E-state index contributed by atoms with van der Waals surface area (Å²) in [5.74, 6) is 1.44. The van der Waals surface area contributed by atoms with E-state index in [-0.39, 0.29) is 11.9 Å². The fraction of sp³-hybridized carbons (Fsp3) is 0.300. The Morgan fingerprint density at radius 1 is 0.939 bits per heavy atom. The van der Waals surface area contributed by atoms with Crippen LogP contribution in [0, 0.1) is 0 Å². The summed E-state index contributed by atoms with van der Waals surface area (Å²) in [6, 6.07) is 22.5. The van der Waals surface area contributed by atoms with Gasteiger partial charge in [-0.05, 0) is 70.9 Å². The van der Waals surface area contributed by atoms with Gasteiger partial charge in [0.25, 0.3) is 5.91 Å². The summed E-state index contributed by atoms with van der Waals surface area (Å²) in [6.45, 7) is 5.52. The molecule has 0 bridgehead atoms. The summed E-state index contributed by atoms with van der Waals surface area (Å²) >= 11 is 0. The molecule has 1 aliphatic carbocycles. The number of carbonyl (C=O) groups excluding carboxylic acids is 1. The van der Waals surface area contributed by atoms with E-state index in [9.17, 15) is 4.79 Å². The first kappa shape index (κ1) is 21.5. The van der Waals surface area contributed by atoms with Crippen LogP contribution >= 0.6 is 0 Å². The van der Waals surface area contributed by atoms with Crippen molar-refractivity contribution in [3.8, 4) is 5.75 Å². The van der Waals surface area contributed by atoms with Gasteiger partial charge >= 0.3 is 0 Å². The average Bonchev–Trinajstić information content (AvgIpc) is 2.86. The maximum atomic E-state index is 13.9. The van der Waals surface area contributed by atoms with Crippen molar-refractivity contribution in [3.05, 3.63) is 101 Å². The molecule has 1 aliphatic heterocycles. The molecule has 0 spiro atoms. The number of nitrogens with zero attached hydrogens (tertiary/aromatic N) is 1. The molecule has 3 aromatic rings. The van der Waals surface area contributed by atoms with Crippen molar-refractivity contribution in [2.45, 2.75) is 45.1 Å². The summed E-state index contributed by atoms with van der Waals surface area (Å²) in [6.07, 6.45) is 7.63. The van der Waals surface area contributed by atoms with Gasteiger partial charge in [-0.25, -0.2) is 0 Å². The van der Waals surface area contributed by atoms with E-state index in [0.29, 0.717) is 19.1 Å². The lowest BCUT2D eigenvalue weighted by Gasteiger charge is -2.39. The molecule has 1 atom stereocenters. The largest absolute Gasteiger partial charge is 0.491 e. The van der Waals surface area contributed by atoms with Gasteiger partial charge in [-0.1, -0.05) is 74.5 Å². The van der Waals surface area contributed by atoms with Gasteiger partial charge in [0, 0.05) is 12.1 Å². The molecule has 33 heavy (non-hydrogen) atoms. The fourth-order valence-corrected chi connectivity index (χ4v) is 4.93. The number of fused-ring (bicyclic) bond motifs is 2. The minimum atomic E-state index is 0.00254. The Balaban J connectivity index is 1.42. The highest BCUT2D eigenvalue weighted by Crippen LogP contribution is 2.33. The molecule has 0 saturated carbocycles. The van der Waals surface area contributed by atoms with Gasteiger partial charge in [0.1, 0.15) is 12.4 Å². The molecule has 3 nitrogen and oxygen atoms in total. The molecular formula is C30H31NO2. The number of piperidine rings is 1. The number of likely N-dealkylation sites (tertiary alicyclic amines) is 1. The summed E-state index contributed by atoms with van der Waals surface area (Å²) in [5.41, 5.74) is 4.75. The van der Waals surface area contributed by atoms with Gasteiger partial charge in [-0.15, -0.1) is 0 Å². The second-order valence-corrected chi connectivity index (χ2v) is 9.39. The van der Waals surface area contributed by atoms with Crippen molar-refractivity contribution in [3.63, 3.8) is 0 Å². The van der Waals surface area contributed by atoms with Crippen molar-refractivity contribution >= 4 is 16.7 Å². The molecular weight excluding hydrogens is 406 g/mol. The Morgan fingerprint density at radius 3 is 2.45 bits per heavy atom. The third-order valence-electron chi connectivity index (χ3n) is 6.87. The van der Waals surface area contributed by atoms with Crippen LogP contribution in [-0.4, -0.2) is 30.0 Å². The van der Waals surface area contributed by atoms with Gasteiger partial charge in [-0.3, -0.25) is 4.79 Å². The normalized spacial score (nSPS) is 18.0. The molecule has 1 amide bonds. The highest BCUT2D eigenvalue weighted by Gasteiger charge is 2.33. The predicted octanol–water partition coefficient (Wildman–Crippen LogP) is 6.90. The van der Waals surface area contributed by atoms with Crippen molar-refractivity contribution in [1.82, 2.24) is 4.90 Å². The van der Waals surface area contributed by atoms with Crippen LogP contribution in [0.25, 0.3) is 10.8 Å². The van der Waals surface area contributed by atoms with E-state index in [1.165, 1.54) is 16.7 Å². The van der Waals surface area contributed by atoms with Crippen molar-refractivity contribution in [2.75, 3.05) is 13.2 Å². The molecule has 2 aliphatic rings. The molecule has 0 aromatic heterocycles. The molecule has 0 radical (unpaired) electrons. The van der Waals surface area contributed by atoms with Crippen LogP contribution in [0.5, 0.6) is 5.75 Å². The minimum absolute atomic E-state index is 0.00254. The zero-order valence-corrected chi connectivity index (χ0v) is 19.5. The molecule has 5 rings (SSSR count). The lowest BCUT2D eigenvalue weighted by atomic mass is 9.87. The second kappa shape index (κ2) is 9.27. The summed E-state index contributed by atoms with van der Waals surface area (Å²) in [5, 5.41) is 2.10. The quantitative estimate of drug-likeness (QED) is 0.434. The Hall–Kier alpha value is -3.33. The molecule has 1 saturated heterocycles.